The third kappa shape index (κ3) is 3.58. The molecule has 3 nitrogen and oxygen atoms in total. The first-order valence-corrected chi connectivity index (χ1v) is 3.36. The highest BCUT2D eigenvalue weighted by atomic mass is 16.3. The Kier molecular flexibility index (Phi) is 4.23. The Hall–Kier alpha value is -0.410. The first-order chi connectivity index (χ1) is 4.57. The van der Waals surface area contributed by atoms with E-state index in [-0.39, 0.29) is 5.92 Å². The Morgan fingerprint density at radius 3 is 2.20 bits per heavy atom. The van der Waals surface area contributed by atoms with Crippen molar-refractivity contribution < 1.29 is 9.90 Å². The van der Waals surface area contributed by atoms with Gasteiger partial charge in [0.15, 0.2) is 0 Å². The number of aliphatic hydroxyl groups excluding tert-OH is 1. The molecule has 0 saturated heterocycles. The van der Waals surface area contributed by atoms with E-state index in [4.69, 9.17) is 5.11 Å². The molecule has 0 amide bonds. The third-order valence-corrected chi connectivity index (χ3v) is 1.37. The number of carbonyl (C=O) groups is 1. The Labute approximate surface area is 61.6 Å². The van der Waals surface area contributed by atoms with Crippen molar-refractivity contribution in [2.75, 3.05) is 20.6 Å². The lowest BCUT2D eigenvalue weighted by atomic mass is 10.1. The minimum absolute atomic E-state index is 0.255. The molecule has 60 valence electrons. The summed E-state index contributed by atoms with van der Waals surface area (Å²) in [6.45, 7) is 2.24. The fourth-order valence-electron chi connectivity index (χ4n) is 0.731. The van der Waals surface area contributed by atoms with Crippen molar-refractivity contribution in [1.82, 2.24) is 4.90 Å². The van der Waals surface area contributed by atoms with Crippen LogP contribution in [0.15, 0.2) is 0 Å². The van der Waals surface area contributed by atoms with Gasteiger partial charge in [-0.2, -0.15) is 0 Å². The molecule has 2 atom stereocenters. The molecule has 1 N–H and O–H groups in total. The number of rotatable bonds is 4. The summed E-state index contributed by atoms with van der Waals surface area (Å²) in [5.41, 5.74) is 0. The Morgan fingerprint density at radius 1 is 1.60 bits per heavy atom. The number of hydrogen-bond donors (Lipinski definition) is 1. The minimum atomic E-state index is -0.542. The van der Waals surface area contributed by atoms with Crippen LogP contribution < -0.4 is 0 Å². The SMILES string of the molecule is C[C@@H](O)[C@@H](C=O)CN(C)C. The van der Waals surface area contributed by atoms with Gasteiger partial charge in [-0.25, -0.2) is 0 Å². The van der Waals surface area contributed by atoms with E-state index in [0.717, 1.165) is 6.29 Å². The number of carbonyl (C=O) groups excluding carboxylic acids is 1. The lowest BCUT2D eigenvalue weighted by Crippen LogP contribution is -2.30. The van der Waals surface area contributed by atoms with Crippen molar-refractivity contribution in [2.24, 2.45) is 5.92 Å². The van der Waals surface area contributed by atoms with Gasteiger partial charge in [-0.15, -0.1) is 0 Å². The van der Waals surface area contributed by atoms with Gasteiger partial charge in [-0.05, 0) is 21.0 Å². The highest BCUT2D eigenvalue weighted by molar-refractivity contribution is 5.54. The lowest BCUT2D eigenvalue weighted by molar-refractivity contribution is -0.114. The molecule has 3 heteroatoms. The molecule has 0 aliphatic rings. The molecule has 0 bridgehead atoms. The summed E-state index contributed by atoms with van der Waals surface area (Å²) in [6.07, 6.45) is 0.255. The molecule has 0 aromatic heterocycles. The molecule has 0 heterocycles. The first-order valence-electron chi connectivity index (χ1n) is 3.36. The van der Waals surface area contributed by atoms with Crippen LogP contribution in [-0.4, -0.2) is 43.0 Å². The van der Waals surface area contributed by atoms with Crippen LogP contribution >= 0.6 is 0 Å². The molecule has 0 aromatic rings. The predicted molar refractivity (Wildman–Crippen MR) is 39.8 cm³/mol. The topological polar surface area (TPSA) is 40.5 Å². The largest absolute Gasteiger partial charge is 0.393 e. The predicted octanol–water partition coefficient (Wildman–Crippen LogP) is -0.256. The van der Waals surface area contributed by atoms with Crippen LogP contribution in [0.25, 0.3) is 0 Å². The van der Waals surface area contributed by atoms with Gasteiger partial charge in [0.25, 0.3) is 0 Å². The Balaban J connectivity index is 3.71. The summed E-state index contributed by atoms with van der Waals surface area (Å²) in [5, 5.41) is 9.00. The van der Waals surface area contributed by atoms with Gasteiger partial charge < -0.3 is 14.8 Å². The van der Waals surface area contributed by atoms with Crippen molar-refractivity contribution in [3.63, 3.8) is 0 Å². The summed E-state index contributed by atoms with van der Waals surface area (Å²) >= 11 is 0. The zero-order valence-corrected chi connectivity index (χ0v) is 6.74. The van der Waals surface area contributed by atoms with Crippen molar-refractivity contribution in [1.29, 1.82) is 0 Å². The zero-order valence-electron chi connectivity index (χ0n) is 6.74. The summed E-state index contributed by atoms with van der Waals surface area (Å²) in [5.74, 6) is -0.255. The summed E-state index contributed by atoms with van der Waals surface area (Å²) < 4.78 is 0. The van der Waals surface area contributed by atoms with E-state index < -0.39 is 6.10 Å². The fraction of sp³-hybridized carbons (Fsp3) is 0.857. The van der Waals surface area contributed by atoms with E-state index in [0.29, 0.717) is 6.54 Å². The molecular weight excluding hydrogens is 130 g/mol. The van der Waals surface area contributed by atoms with E-state index in [1.807, 2.05) is 19.0 Å². The second-order valence-corrected chi connectivity index (χ2v) is 2.80. The number of hydrogen-bond acceptors (Lipinski definition) is 3. The van der Waals surface area contributed by atoms with Crippen LogP contribution in [0.4, 0.5) is 0 Å². The molecule has 10 heavy (non-hydrogen) atoms. The molecule has 0 aromatic carbocycles. The number of aliphatic hydroxyl groups is 1. The van der Waals surface area contributed by atoms with Crippen LogP contribution in [0.5, 0.6) is 0 Å². The van der Waals surface area contributed by atoms with E-state index in [1.165, 1.54) is 0 Å². The summed E-state index contributed by atoms with van der Waals surface area (Å²) in [7, 11) is 3.75. The molecule has 0 unspecified atom stereocenters. The minimum Gasteiger partial charge on any atom is -0.393 e. The average molecular weight is 145 g/mol. The van der Waals surface area contributed by atoms with Crippen LogP contribution in [0.1, 0.15) is 6.92 Å². The maximum Gasteiger partial charge on any atom is 0.126 e. The van der Waals surface area contributed by atoms with Gasteiger partial charge >= 0.3 is 0 Å². The first kappa shape index (κ1) is 9.59. The highest BCUT2D eigenvalue weighted by Crippen LogP contribution is 2.00. The smallest absolute Gasteiger partial charge is 0.126 e. The van der Waals surface area contributed by atoms with Crippen molar-refractivity contribution in [3.05, 3.63) is 0 Å². The van der Waals surface area contributed by atoms with E-state index in [2.05, 4.69) is 0 Å². The van der Waals surface area contributed by atoms with Crippen molar-refractivity contribution >= 4 is 6.29 Å². The van der Waals surface area contributed by atoms with Crippen molar-refractivity contribution in [2.45, 2.75) is 13.0 Å². The quantitative estimate of drug-likeness (QED) is 0.554. The molecule has 0 aliphatic heterocycles. The van der Waals surface area contributed by atoms with Gasteiger partial charge in [0.2, 0.25) is 0 Å². The molecule has 0 fully saturated rings. The normalized spacial score (nSPS) is 16.9. The van der Waals surface area contributed by atoms with E-state index in [1.54, 1.807) is 6.92 Å². The number of nitrogens with zero attached hydrogens (tertiary/aromatic N) is 1. The Morgan fingerprint density at radius 2 is 2.10 bits per heavy atom. The zero-order chi connectivity index (χ0) is 8.15. The summed E-state index contributed by atoms with van der Waals surface area (Å²) in [4.78, 5) is 12.2. The molecule has 0 saturated carbocycles. The Bertz CT molecular complexity index is 102. The lowest BCUT2D eigenvalue weighted by Gasteiger charge is -2.17. The fourth-order valence-corrected chi connectivity index (χ4v) is 0.731. The molecular formula is C7H15NO2. The standard InChI is InChI=1S/C7H15NO2/c1-6(10)7(5-9)4-8(2)3/h5-7,10H,4H2,1-3H3/t6-,7-/m1/s1. The molecule has 0 spiro atoms. The average Bonchev–Trinajstić information content (AvgIpc) is 1.81. The van der Waals surface area contributed by atoms with Gasteiger partial charge in [-0.3, -0.25) is 0 Å². The number of aldehydes is 1. The molecule has 0 aliphatic carbocycles. The van der Waals surface area contributed by atoms with Gasteiger partial charge in [0.05, 0.1) is 12.0 Å². The molecule has 0 radical (unpaired) electrons. The molecule has 0 rings (SSSR count). The second kappa shape index (κ2) is 4.41. The van der Waals surface area contributed by atoms with Gasteiger partial charge in [-0.1, -0.05) is 0 Å². The third-order valence-electron chi connectivity index (χ3n) is 1.37. The summed E-state index contributed by atoms with van der Waals surface area (Å²) in [6, 6.07) is 0. The van der Waals surface area contributed by atoms with E-state index >= 15 is 0 Å². The van der Waals surface area contributed by atoms with Crippen LogP contribution in [0.3, 0.4) is 0 Å². The maximum atomic E-state index is 10.3. The van der Waals surface area contributed by atoms with Crippen LogP contribution in [0, 0.1) is 5.92 Å². The second-order valence-electron chi connectivity index (χ2n) is 2.80. The van der Waals surface area contributed by atoms with E-state index in [9.17, 15) is 4.79 Å². The van der Waals surface area contributed by atoms with Gasteiger partial charge in [0, 0.05) is 6.54 Å². The van der Waals surface area contributed by atoms with Gasteiger partial charge in [0.1, 0.15) is 6.29 Å². The van der Waals surface area contributed by atoms with Crippen LogP contribution in [0.2, 0.25) is 0 Å². The van der Waals surface area contributed by atoms with Crippen LogP contribution in [-0.2, 0) is 4.79 Å². The maximum absolute atomic E-state index is 10.3. The highest BCUT2D eigenvalue weighted by Gasteiger charge is 2.13. The monoisotopic (exact) mass is 145 g/mol. The van der Waals surface area contributed by atoms with Crippen molar-refractivity contribution in [3.8, 4) is 0 Å².